The number of hydrogen-bond acceptors (Lipinski definition) is 3. The van der Waals surface area contributed by atoms with Crippen LogP contribution in [0.25, 0.3) is 0 Å². The highest BCUT2D eigenvalue weighted by molar-refractivity contribution is 7.89. The molecule has 0 aliphatic rings. The third-order valence-electron chi connectivity index (χ3n) is 3.90. The largest absolute Gasteiger partial charge is 0.404 e. The van der Waals surface area contributed by atoms with E-state index >= 15 is 0 Å². The van der Waals surface area contributed by atoms with Crippen LogP contribution in [0.5, 0.6) is 0 Å². The molecule has 1 aromatic carbocycles. The van der Waals surface area contributed by atoms with Gasteiger partial charge in [-0.2, -0.15) is 17.9 Å². The summed E-state index contributed by atoms with van der Waals surface area (Å²) < 4.78 is 117. The van der Waals surface area contributed by atoms with Crippen molar-refractivity contribution in [1.29, 1.82) is 0 Å². The lowest BCUT2D eigenvalue weighted by molar-refractivity contribution is -0.147. The lowest BCUT2D eigenvalue weighted by Crippen LogP contribution is -2.43. The van der Waals surface area contributed by atoms with E-state index in [9.17, 15) is 43.9 Å². The number of hydrogen-bond donors (Lipinski definition) is 2. The van der Waals surface area contributed by atoms with Gasteiger partial charge in [0.05, 0.1) is 5.56 Å². The average molecular weight is 461 g/mol. The van der Waals surface area contributed by atoms with Gasteiger partial charge in [0, 0.05) is 18.9 Å². The van der Waals surface area contributed by atoms with Crippen molar-refractivity contribution in [2.24, 2.45) is 7.05 Å². The molecule has 2 aromatic rings. The van der Waals surface area contributed by atoms with E-state index in [2.05, 4.69) is 0 Å². The van der Waals surface area contributed by atoms with Gasteiger partial charge in [0.25, 0.3) is 12.3 Å². The summed E-state index contributed by atoms with van der Waals surface area (Å²) in [4.78, 5) is 11.1. The minimum Gasteiger partial charge on any atom is -0.343 e. The number of nitrogens with one attached hydrogen (secondary N) is 2. The fourth-order valence-corrected chi connectivity index (χ4v) is 3.71. The van der Waals surface area contributed by atoms with Crippen molar-refractivity contribution in [3.8, 4) is 0 Å². The molecule has 166 valence electrons. The topological polar surface area (TPSA) is 80.2 Å². The Balaban J connectivity index is 2.35. The Bertz CT molecular complexity index is 1060. The summed E-state index contributed by atoms with van der Waals surface area (Å²) in [6.45, 7) is 0.501. The van der Waals surface area contributed by atoms with E-state index < -0.39 is 62.4 Å². The predicted octanol–water partition coefficient (Wildman–Crippen LogP) is 3.72. The Kier molecular flexibility index (Phi) is 6.51. The number of halogens is 7. The van der Waals surface area contributed by atoms with Crippen molar-refractivity contribution in [1.82, 2.24) is 9.29 Å². The number of aromatic nitrogens is 1. The molecule has 2 N–H and O–H groups in total. The van der Waals surface area contributed by atoms with Gasteiger partial charge in [-0.25, -0.2) is 26.0 Å². The van der Waals surface area contributed by atoms with E-state index in [0.717, 1.165) is 13.1 Å². The van der Waals surface area contributed by atoms with Crippen molar-refractivity contribution in [2.45, 2.75) is 30.5 Å². The van der Waals surface area contributed by atoms with Crippen LogP contribution in [0, 0.1) is 11.6 Å². The van der Waals surface area contributed by atoms with Crippen LogP contribution in [0.2, 0.25) is 0 Å². The van der Waals surface area contributed by atoms with E-state index in [1.54, 1.807) is 0 Å². The highest BCUT2D eigenvalue weighted by Gasteiger charge is 2.40. The smallest absolute Gasteiger partial charge is 0.343 e. The first kappa shape index (κ1) is 23.7. The van der Waals surface area contributed by atoms with Gasteiger partial charge in [0.15, 0.2) is 5.82 Å². The first-order valence-corrected chi connectivity index (χ1v) is 9.46. The SMILES string of the molecule is C[C@@H](NS(=O)(=O)c1cn(C)c(C(=O)Nc2ccc(F)c(C(F)F)c2)c1F)C(F)(F)F. The van der Waals surface area contributed by atoms with Gasteiger partial charge in [-0.05, 0) is 25.1 Å². The van der Waals surface area contributed by atoms with Crippen molar-refractivity contribution >= 4 is 21.6 Å². The summed E-state index contributed by atoms with van der Waals surface area (Å²) in [7, 11) is -3.96. The first-order chi connectivity index (χ1) is 13.6. The Morgan fingerprint density at radius 2 is 1.77 bits per heavy atom. The van der Waals surface area contributed by atoms with Gasteiger partial charge in [-0.3, -0.25) is 4.79 Å². The molecule has 0 fully saturated rings. The van der Waals surface area contributed by atoms with Crippen LogP contribution in [0.15, 0.2) is 29.3 Å². The fraction of sp³-hybridized carbons (Fsp3) is 0.312. The van der Waals surface area contributed by atoms with Gasteiger partial charge < -0.3 is 9.88 Å². The molecule has 6 nitrogen and oxygen atoms in total. The molecule has 0 saturated carbocycles. The molecule has 1 aromatic heterocycles. The third kappa shape index (κ3) is 4.92. The van der Waals surface area contributed by atoms with E-state index in [1.165, 1.54) is 4.72 Å². The predicted molar refractivity (Wildman–Crippen MR) is 90.5 cm³/mol. The lowest BCUT2D eigenvalue weighted by Gasteiger charge is -2.16. The van der Waals surface area contributed by atoms with Crippen molar-refractivity contribution < 1.29 is 43.9 Å². The van der Waals surface area contributed by atoms with Crippen LogP contribution >= 0.6 is 0 Å². The molecule has 1 amide bonds. The third-order valence-corrected chi connectivity index (χ3v) is 5.43. The molecule has 2 rings (SSSR count). The van der Waals surface area contributed by atoms with Crippen LogP contribution < -0.4 is 10.0 Å². The van der Waals surface area contributed by atoms with E-state index in [-0.39, 0.29) is 5.69 Å². The number of alkyl halides is 5. The van der Waals surface area contributed by atoms with Crippen molar-refractivity contribution in [2.75, 3.05) is 5.32 Å². The zero-order valence-electron chi connectivity index (χ0n) is 15.2. The number of sulfonamides is 1. The molecule has 0 radical (unpaired) electrons. The quantitative estimate of drug-likeness (QED) is 0.644. The van der Waals surface area contributed by atoms with Gasteiger partial charge >= 0.3 is 6.18 Å². The Hall–Kier alpha value is -2.61. The van der Waals surface area contributed by atoms with Crippen molar-refractivity contribution in [3.63, 3.8) is 0 Å². The maximum atomic E-state index is 14.6. The maximum Gasteiger partial charge on any atom is 0.404 e. The van der Waals surface area contributed by atoms with E-state index in [4.69, 9.17) is 0 Å². The molecule has 0 saturated heterocycles. The minimum atomic E-state index is -5.00. The molecule has 1 atom stereocenters. The standard InChI is InChI=1S/C16H14F7N3O3S/c1-7(16(21,22)23)25-30(28,29)11-6-26(2)13(12(11)18)15(27)24-8-3-4-10(17)9(5-8)14(19)20/h3-7,14,25H,1-2H3,(H,24,27)/t7-/m1/s1. The summed E-state index contributed by atoms with van der Waals surface area (Å²) in [6.07, 6.45) is -7.57. The zero-order chi connectivity index (χ0) is 23.0. The second-order valence-electron chi connectivity index (χ2n) is 6.14. The Morgan fingerprint density at radius 1 is 1.17 bits per heavy atom. The number of anilines is 1. The molecule has 0 unspecified atom stereocenters. The van der Waals surface area contributed by atoms with Gasteiger partial charge in [0.1, 0.15) is 22.4 Å². The van der Waals surface area contributed by atoms with Crippen molar-refractivity contribution in [3.05, 3.63) is 47.3 Å². The normalized spacial score (nSPS) is 13.5. The minimum absolute atomic E-state index is 0.342. The van der Waals surface area contributed by atoms with Crippen LogP contribution in [-0.2, 0) is 17.1 Å². The highest BCUT2D eigenvalue weighted by Crippen LogP contribution is 2.27. The second-order valence-corrected chi connectivity index (χ2v) is 7.82. The molecular weight excluding hydrogens is 447 g/mol. The number of carbonyl (C=O) groups excluding carboxylic acids is 1. The van der Waals surface area contributed by atoms with Gasteiger partial charge in [0.2, 0.25) is 10.0 Å². The molecule has 30 heavy (non-hydrogen) atoms. The van der Waals surface area contributed by atoms with Crippen LogP contribution in [0.3, 0.4) is 0 Å². The maximum absolute atomic E-state index is 14.6. The molecular formula is C16H14F7N3O3S. The van der Waals surface area contributed by atoms with Crippen LogP contribution in [0.4, 0.5) is 36.4 Å². The fourth-order valence-electron chi connectivity index (χ4n) is 2.36. The molecule has 14 heteroatoms. The van der Waals surface area contributed by atoms with E-state index in [1.807, 2.05) is 5.32 Å². The molecule has 0 aliphatic carbocycles. The first-order valence-electron chi connectivity index (χ1n) is 7.98. The second kappa shape index (κ2) is 8.26. The average Bonchev–Trinajstić information content (AvgIpc) is 2.90. The number of aryl methyl sites for hydroxylation is 1. The van der Waals surface area contributed by atoms with Crippen LogP contribution in [0.1, 0.15) is 29.4 Å². The number of amides is 1. The lowest BCUT2D eigenvalue weighted by atomic mass is 10.2. The summed E-state index contributed by atoms with van der Waals surface area (Å²) >= 11 is 0. The molecule has 0 bridgehead atoms. The summed E-state index contributed by atoms with van der Waals surface area (Å²) in [6, 6.07) is -0.393. The molecule has 0 aliphatic heterocycles. The monoisotopic (exact) mass is 461 g/mol. The van der Waals surface area contributed by atoms with Gasteiger partial charge in [-0.1, -0.05) is 0 Å². The van der Waals surface area contributed by atoms with Crippen LogP contribution in [-0.4, -0.2) is 31.1 Å². The Labute approximate surface area is 165 Å². The van der Waals surface area contributed by atoms with Gasteiger partial charge in [-0.15, -0.1) is 0 Å². The van der Waals surface area contributed by atoms with E-state index in [0.29, 0.717) is 29.8 Å². The molecule has 1 heterocycles. The number of benzene rings is 1. The molecule has 0 spiro atoms. The zero-order valence-corrected chi connectivity index (χ0v) is 16.0. The summed E-state index contributed by atoms with van der Waals surface area (Å²) in [5.74, 6) is -4.20. The number of nitrogens with zero attached hydrogens (tertiary/aromatic N) is 1. The summed E-state index contributed by atoms with van der Waals surface area (Å²) in [5.41, 5.74) is -2.28. The number of rotatable bonds is 6. The summed E-state index contributed by atoms with van der Waals surface area (Å²) in [5, 5.41) is 2.00. The highest BCUT2D eigenvalue weighted by atomic mass is 32.2. The Morgan fingerprint density at radius 3 is 2.30 bits per heavy atom. The number of carbonyl (C=O) groups is 1.